The van der Waals surface area contributed by atoms with Crippen molar-refractivity contribution < 1.29 is 13.6 Å². The lowest BCUT2D eigenvalue weighted by atomic mass is 10.1. The van der Waals surface area contributed by atoms with Crippen LogP contribution in [-0.2, 0) is 11.2 Å². The fourth-order valence-corrected chi connectivity index (χ4v) is 1.53. The predicted octanol–water partition coefficient (Wildman–Crippen LogP) is 2.59. The Hall–Kier alpha value is -1.16. The molecule has 17 heavy (non-hydrogen) atoms. The maximum atomic E-state index is 13.3. The largest absolute Gasteiger partial charge is 0.342 e. The number of hydrogen-bond donors (Lipinski definition) is 0. The quantitative estimate of drug-likeness (QED) is 0.763. The molecular weight excluding hydrogens is 248 g/mol. The third kappa shape index (κ3) is 3.40. The van der Waals surface area contributed by atoms with Gasteiger partial charge in [0.1, 0.15) is 11.6 Å². The standard InChI is InChI=1S/C12H14ClF2NO/c1-8(7-13)16(2)12(17)6-9-10(14)4-3-5-11(9)15/h3-5,8H,6-7H2,1-2H3. The van der Waals surface area contributed by atoms with Gasteiger partial charge in [-0.15, -0.1) is 11.6 Å². The second-order valence-corrected chi connectivity index (χ2v) is 4.19. The van der Waals surface area contributed by atoms with Crippen LogP contribution < -0.4 is 0 Å². The minimum absolute atomic E-state index is 0.168. The molecular formula is C12H14ClF2NO. The van der Waals surface area contributed by atoms with Gasteiger partial charge < -0.3 is 4.90 Å². The van der Waals surface area contributed by atoms with Gasteiger partial charge in [0.05, 0.1) is 6.42 Å². The molecule has 2 nitrogen and oxygen atoms in total. The van der Waals surface area contributed by atoms with Crippen molar-refractivity contribution in [3.63, 3.8) is 0 Å². The first-order valence-electron chi connectivity index (χ1n) is 5.22. The molecule has 0 radical (unpaired) electrons. The lowest BCUT2D eigenvalue weighted by Crippen LogP contribution is -2.37. The molecule has 1 amide bonds. The predicted molar refractivity (Wildman–Crippen MR) is 63.0 cm³/mol. The Bertz CT molecular complexity index is 391. The van der Waals surface area contributed by atoms with E-state index in [0.717, 1.165) is 12.1 Å². The van der Waals surface area contributed by atoms with Crippen LogP contribution in [0.2, 0.25) is 0 Å². The molecule has 1 atom stereocenters. The van der Waals surface area contributed by atoms with Crippen molar-refractivity contribution in [2.75, 3.05) is 12.9 Å². The number of alkyl halides is 1. The zero-order chi connectivity index (χ0) is 13.0. The fraction of sp³-hybridized carbons (Fsp3) is 0.417. The average molecular weight is 262 g/mol. The SMILES string of the molecule is CC(CCl)N(C)C(=O)Cc1c(F)cccc1F. The van der Waals surface area contributed by atoms with Gasteiger partial charge in [-0.25, -0.2) is 8.78 Å². The monoisotopic (exact) mass is 261 g/mol. The molecule has 0 spiro atoms. The molecule has 0 aromatic heterocycles. The van der Waals surface area contributed by atoms with E-state index in [0.29, 0.717) is 0 Å². The molecule has 1 aromatic carbocycles. The Morgan fingerprint density at radius 2 is 1.94 bits per heavy atom. The van der Waals surface area contributed by atoms with E-state index < -0.39 is 11.6 Å². The number of nitrogens with zero attached hydrogens (tertiary/aromatic N) is 1. The van der Waals surface area contributed by atoms with Crippen LogP contribution in [0, 0.1) is 11.6 Å². The summed E-state index contributed by atoms with van der Waals surface area (Å²) in [4.78, 5) is 13.1. The molecule has 0 aliphatic heterocycles. The highest BCUT2D eigenvalue weighted by Gasteiger charge is 2.18. The van der Waals surface area contributed by atoms with Gasteiger partial charge in [0.25, 0.3) is 0 Å². The van der Waals surface area contributed by atoms with Crippen LogP contribution >= 0.6 is 11.6 Å². The molecule has 0 saturated carbocycles. The topological polar surface area (TPSA) is 20.3 Å². The summed E-state index contributed by atoms with van der Waals surface area (Å²) in [6.45, 7) is 1.77. The number of halogens is 3. The van der Waals surface area contributed by atoms with E-state index in [4.69, 9.17) is 11.6 Å². The highest BCUT2D eigenvalue weighted by Crippen LogP contribution is 2.14. The summed E-state index contributed by atoms with van der Waals surface area (Å²) in [7, 11) is 1.56. The van der Waals surface area contributed by atoms with Crippen molar-refractivity contribution in [2.24, 2.45) is 0 Å². The Morgan fingerprint density at radius 3 is 2.41 bits per heavy atom. The number of carbonyl (C=O) groups is 1. The zero-order valence-electron chi connectivity index (χ0n) is 9.71. The fourth-order valence-electron chi connectivity index (χ4n) is 1.33. The van der Waals surface area contributed by atoms with Crippen LogP contribution in [-0.4, -0.2) is 29.8 Å². The Morgan fingerprint density at radius 1 is 1.41 bits per heavy atom. The lowest BCUT2D eigenvalue weighted by molar-refractivity contribution is -0.130. The number of amides is 1. The van der Waals surface area contributed by atoms with E-state index in [2.05, 4.69) is 0 Å². The van der Waals surface area contributed by atoms with Crippen molar-refractivity contribution in [3.8, 4) is 0 Å². The molecule has 0 saturated heterocycles. The van der Waals surface area contributed by atoms with Crippen LogP contribution in [0.4, 0.5) is 8.78 Å². The number of benzene rings is 1. The van der Waals surface area contributed by atoms with Gasteiger partial charge in [0.15, 0.2) is 0 Å². The van der Waals surface area contributed by atoms with Gasteiger partial charge in [0.2, 0.25) is 5.91 Å². The molecule has 1 unspecified atom stereocenters. The third-order valence-corrected chi connectivity index (χ3v) is 3.11. The van der Waals surface area contributed by atoms with Gasteiger partial charge in [-0.3, -0.25) is 4.79 Å². The van der Waals surface area contributed by atoms with Gasteiger partial charge in [-0.05, 0) is 19.1 Å². The second kappa shape index (κ2) is 5.96. The molecule has 0 aliphatic carbocycles. The minimum Gasteiger partial charge on any atom is -0.342 e. The minimum atomic E-state index is -0.703. The molecule has 0 bridgehead atoms. The summed E-state index contributed by atoms with van der Waals surface area (Å²) in [5, 5.41) is 0. The maximum Gasteiger partial charge on any atom is 0.227 e. The highest BCUT2D eigenvalue weighted by molar-refractivity contribution is 6.18. The molecule has 0 heterocycles. The maximum absolute atomic E-state index is 13.3. The lowest BCUT2D eigenvalue weighted by Gasteiger charge is -2.23. The van der Waals surface area contributed by atoms with E-state index in [1.165, 1.54) is 11.0 Å². The Balaban J connectivity index is 2.81. The van der Waals surface area contributed by atoms with E-state index in [1.807, 2.05) is 0 Å². The summed E-state index contributed by atoms with van der Waals surface area (Å²) < 4.78 is 26.6. The molecule has 1 aromatic rings. The van der Waals surface area contributed by atoms with Gasteiger partial charge >= 0.3 is 0 Å². The van der Waals surface area contributed by atoms with Crippen molar-refractivity contribution in [1.29, 1.82) is 0 Å². The first-order valence-corrected chi connectivity index (χ1v) is 5.75. The van der Waals surface area contributed by atoms with Crippen molar-refractivity contribution in [3.05, 3.63) is 35.4 Å². The number of likely N-dealkylation sites (N-methyl/N-ethyl adjacent to an activating group) is 1. The molecule has 5 heteroatoms. The van der Waals surface area contributed by atoms with E-state index in [-0.39, 0.29) is 29.8 Å². The van der Waals surface area contributed by atoms with Crippen LogP contribution in [0.15, 0.2) is 18.2 Å². The summed E-state index contributed by atoms with van der Waals surface area (Å²) in [5.74, 6) is -1.49. The Kier molecular flexibility index (Phi) is 4.87. The first-order chi connectivity index (χ1) is 7.97. The number of rotatable bonds is 4. The van der Waals surface area contributed by atoms with E-state index >= 15 is 0 Å². The van der Waals surface area contributed by atoms with Gasteiger partial charge in [0, 0.05) is 24.5 Å². The van der Waals surface area contributed by atoms with Gasteiger partial charge in [-0.1, -0.05) is 6.07 Å². The zero-order valence-corrected chi connectivity index (χ0v) is 10.5. The number of carbonyl (C=O) groups excluding carboxylic acids is 1. The van der Waals surface area contributed by atoms with Crippen LogP contribution in [0.1, 0.15) is 12.5 Å². The highest BCUT2D eigenvalue weighted by atomic mass is 35.5. The second-order valence-electron chi connectivity index (χ2n) is 3.88. The van der Waals surface area contributed by atoms with Gasteiger partial charge in [-0.2, -0.15) is 0 Å². The van der Waals surface area contributed by atoms with Crippen LogP contribution in [0.3, 0.4) is 0 Å². The summed E-state index contributed by atoms with van der Waals surface area (Å²) in [5.41, 5.74) is -0.203. The summed E-state index contributed by atoms with van der Waals surface area (Å²) in [6.07, 6.45) is -0.295. The molecule has 94 valence electrons. The average Bonchev–Trinajstić information content (AvgIpc) is 2.31. The van der Waals surface area contributed by atoms with E-state index in [9.17, 15) is 13.6 Å². The first kappa shape index (κ1) is 13.9. The molecule has 1 rings (SSSR count). The number of hydrogen-bond acceptors (Lipinski definition) is 1. The molecule has 0 N–H and O–H groups in total. The smallest absolute Gasteiger partial charge is 0.227 e. The normalized spacial score (nSPS) is 12.3. The Labute approximate surface area is 104 Å². The van der Waals surface area contributed by atoms with Crippen LogP contribution in [0.25, 0.3) is 0 Å². The molecule has 0 aliphatic rings. The summed E-state index contributed by atoms with van der Waals surface area (Å²) in [6, 6.07) is 3.37. The van der Waals surface area contributed by atoms with E-state index in [1.54, 1.807) is 14.0 Å². The van der Waals surface area contributed by atoms with Crippen molar-refractivity contribution in [2.45, 2.75) is 19.4 Å². The third-order valence-electron chi connectivity index (χ3n) is 2.67. The molecule has 0 fully saturated rings. The van der Waals surface area contributed by atoms with Crippen LogP contribution in [0.5, 0.6) is 0 Å². The van der Waals surface area contributed by atoms with Crippen molar-refractivity contribution in [1.82, 2.24) is 4.90 Å². The summed E-state index contributed by atoms with van der Waals surface area (Å²) >= 11 is 5.61. The van der Waals surface area contributed by atoms with Crippen molar-refractivity contribution >= 4 is 17.5 Å².